The Bertz CT molecular complexity index is 1020. The molecule has 3 rings (SSSR count). The van der Waals surface area contributed by atoms with Crippen LogP contribution < -0.4 is 5.32 Å². The lowest BCUT2D eigenvalue weighted by Gasteiger charge is -2.11. The van der Waals surface area contributed by atoms with Crippen molar-refractivity contribution in [2.75, 3.05) is 0 Å². The number of benzene rings is 3. The summed E-state index contributed by atoms with van der Waals surface area (Å²) in [6.45, 7) is 0.372. The average molecular weight is 337 g/mol. The number of carbonyl (C=O) groups excluding carboxylic acids is 1. The maximum atomic E-state index is 12.7. The molecule has 0 atom stereocenters. The minimum Gasteiger partial charge on any atom is -0.348 e. The summed E-state index contributed by atoms with van der Waals surface area (Å²) in [5.74, 6) is -0.188. The van der Waals surface area contributed by atoms with Crippen LogP contribution in [0.25, 0.3) is 11.1 Å². The van der Waals surface area contributed by atoms with Crippen molar-refractivity contribution in [3.63, 3.8) is 0 Å². The predicted octanol–water partition coefficient (Wildman–Crippen LogP) is 4.03. The fourth-order valence-corrected chi connectivity index (χ4v) is 2.66. The van der Waals surface area contributed by atoms with Gasteiger partial charge in [0, 0.05) is 12.1 Å². The molecule has 0 aromatic heterocycles. The molecule has 124 valence electrons. The van der Waals surface area contributed by atoms with Gasteiger partial charge in [-0.3, -0.25) is 4.79 Å². The Labute approximate surface area is 152 Å². The minimum absolute atomic E-state index is 0.188. The monoisotopic (exact) mass is 337 g/mol. The van der Waals surface area contributed by atoms with Gasteiger partial charge >= 0.3 is 0 Å². The maximum absolute atomic E-state index is 12.7. The van der Waals surface area contributed by atoms with Gasteiger partial charge in [-0.1, -0.05) is 42.5 Å². The van der Waals surface area contributed by atoms with Crippen LogP contribution in [0, 0.1) is 22.7 Å². The van der Waals surface area contributed by atoms with Gasteiger partial charge in [-0.2, -0.15) is 10.5 Å². The fourth-order valence-electron chi connectivity index (χ4n) is 2.66. The van der Waals surface area contributed by atoms with E-state index in [1.54, 1.807) is 36.4 Å². The molecule has 3 aromatic rings. The number of nitrogens with one attached hydrogen (secondary N) is 1. The number of nitrogens with zero attached hydrogens (tertiary/aromatic N) is 2. The molecule has 1 amide bonds. The molecule has 0 aliphatic heterocycles. The Kier molecular flexibility index (Phi) is 5.08. The van der Waals surface area contributed by atoms with Gasteiger partial charge in [-0.05, 0) is 47.0 Å². The number of carbonyl (C=O) groups is 1. The summed E-state index contributed by atoms with van der Waals surface area (Å²) in [6, 6.07) is 25.8. The fraction of sp³-hybridized carbons (Fsp3) is 0.0455. The van der Waals surface area contributed by atoms with Crippen molar-refractivity contribution in [3.8, 4) is 23.3 Å². The van der Waals surface area contributed by atoms with Gasteiger partial charge in [0.2, 0.25) is 0 Å². The largest absolute Gasteiger partial charge is 0.348 e. The zero-order chi connectivity index (χ0) is 18.4. The number of amides is 1. The average Bonchev–Trinajstić information content (AvgIpc) is 2.72. The molecule has 0 bridgehead atoms. The van der Waals surface area contributed by atoms with E-state index in [0.29, 0.717) is 23.2 Å². The normalized spacial score (nSPS) is 9.77. The molecule has 26 heavy (non-hydrogen) atoms. The van der Waals surface area contributed by atoms with Crippen molar-refractivity contribution in [2.24, 2.45) is 0 Å². The first kappa shape index (κ1) is 17.0. The molecule has 0 aliphatic rings. The Morgan fingerprint density at radius 1 is 0.846 bits per heavy atom. The van der Waals surface area contributed by atoms with Crippen LogP contribution in [0.15, 0.2) is 72.8 Å². The van der Waals surface area contributed by atoms with Gasteiger partial charge in [0.05, 0.1) is 23.3 Å². The first-order valence-electron chi connectivity index (χ1n) is 8.08. The zero-order valence-electron chi connectivity index (χ0n) is 13.9. The molecule has 0 fully saturated rings. The quantitative estimate of drug-likeness (QED) is 0.781. The molecule has 1 N–H and O–H groups in total. The van der Waals surface area contributed by atoms with Crippen molar-refractivity contribution in [3.05, 3.63) is 95.1 Å². The molecule has 0 heterocycles. The second kappa shape index (κ2) is 7.79. The summed E-state index contributed by atoms with van der Waals surface area (Å²) >= 11 is 0. The highest BCUT2D eigenvalue weighted by Crippen LogP contribution is 2.24. The van der Waals surface area contributed by atoms with Gasteiger partial charge < -0.3 is 5.32 Å². The van der Waals surface area contributed by atoms with Gasteiger partial charge in [0.1, 0.15) is 0 Å². The number of hydrogen-bond acceptors (Lipinski definition) is 3. The Hall–Kier alpha value is -3.89. The van der Waals surface area contributed by atoms with Crippen LogP contribution in [0.4, 0.5) is 0 Å². The molecule has 0 spiro atoms. The van der Waals surface area contributed by atoms with Crippen LogP contribution in [-0.4, -0.2) is 5.91 Å². The zero-order valence-corrected chi connectivity index (χ0v) is 13.9. The summed E-state index contributed by atoms with van der Waals surface area (Å²) in [6.07, 6.45) is 0. The van der Waals surface area contributed by atoms with Crippen LogP contribution in [0.3, 0.4) is 0 Å². The van der Waals surface area contributed by atoms with Gasteiger partial charge in [-0.25, -0.2) is 0 Å². The lowest BCUT2D eigenvalue weighted by molar-refractivity contribution is 0.0951. The molecular weight excluding hydrogens is 322 g/mol. The van der Waals surface area contributed by atoms with E-state index >= 15 is 0 Å². The predicted molar refractivity (Wildman–Crippen MR) is 98.9 cm³/mol. The van der Waals surface area contributed by atoms with Crippen molar-refractivity contribution in [1.29, 1.82) is 10.5 Å². The van der Waals surface area contributed by atoms with Crippen LogP contribution in [-0.2, 0) is 6.54 Å². The highest BCUT2D eigenvalue weighted by Gasteiger charge is 2.12. The van der Waals surface area contributed by atoms with Crippen LogP contribution >= 0.6 is 0 Å². The van der Waals surface area contributed by atoms with E-state index in [0.717, 1.165) is 16.7 Å². The number of hydrogen-bond donors (Lipinski definition) is 1. The SMILES string of the molecule is N#Cc1ccc(CNC(=O)c2ccccc2-c2cccc(C#N)c2)cc1. The Morgan fingerprint density at radius 3 is 2.31 bits per heavy atom. The molecule has 3 aromatic carbocycles. The minimum atomic E-state index is -0.188. The van der Waals surface area contributed by atoms with E-state index in [1.165, 1.54) is 0 Å². The molecule has 0 saturated heterocycles. The van der Waals surface area contributed by atoms with E-state index in [4.69, 9.17) is 10.5 Å². The third-order valence-corrected chi connectivity index (χ3v) is 4.01. The molecule has 0 saturated carbocycles. The van der Waals surface area contributed by atoms with Crippen molar-refractivity contribution >= 4 is 5.91 Å². The van der Waals surface area contributed by atoms with E-state index < -0.39 is 0 Å². The lowest BCUT2D eigenvalue weighted by Crippen LogP contribution is -2.23. The standard InChI is InChI=1S/C22H15N3O/c23-13-16-8-10-17(11-9-16)15-25-22(26)21-7-2-1-6-20(21)19-5-3-4-18(12-19)14-24/h1-12H,15H2,(H,25,26). The summed E-state index contributed by atoms with van der Waals surface area (Å²) < 4.78 is 0. The molecular formula is C22H15N3O. The molecule has 0 unspecified atom stereocenters. The van der Waals surface area contributed by atoms with Crippen LogP contribution in [0.2, 0.25) is 0 Å². The lowest BCUT2D eigenvalue weighted by atomic mass is 9.98. The topological polar surface area (TPSA) is 76.7 Å². The first-order chi connectivity index (χ1) is 12.7. The van der Waals surface area contributed by atoms with Crippen molar-refractivity contribution < 1.29 is 4.79 Å². The van der Waals surface area contributed by atoms with Crippen molar-refractivity contribution in [1.82, 2.24) is 5.32 Å². The highest BCUT2D eigenvalue weighted by atomic mass is 16.1. The summed E-state index contributed by atoms with van der Waals surface area (Å²) in [5, 5.41) is 20.8. The van der Waals surface area contributed by atoms with E-state index in [-0.39, 0.29) is 5.91 Å². The maximum Gasteiger partial charge on any atom is 0.252 e. The molecule has 4 heteroatoms. The third kappa shape index (κ3) is 3.77. The van der Waals surface area contributed by atoms with Gasteiger partial charge in [-0.15, -0.1) is 0 Å². The first-order valence-corrected chi connectivity index (χ1v) is 8.08. The number of rotatable bonds is 4. The molecule has 4 nitrogen and oxygen atoms in total. The van der Waals surface area contributed by atoms with E-state index in [1.807, 2.05) is 36.4 Å². The molecule has 0 aliphatic carbocycles. The summed E-state index contributed by atoms with van der Waals surface area (Å²) in [7, 11) is 0. The van der Waals surface area contributed by atoms with Crippen molar-refractivity contribution in [2.45, 2.75) is 6.54 Å². The van der Waals surface area contributed by atoms with Gasteiger partial charge in [0.15, 0.2) is 0 Å². The Balaban J connectivity index is 1.81. The summed E-state index contributed by atoms with van der Waals surface area (Å²) in [4.78, 5) is 12.7. The third-order valence-electron chi connectivity index (χ3n) is 4.01. The molecule has 0 radical (unpaired) electrons. The van der Waals surface area contributed by atoms with Crippen LogP contribution in [0.5, 0.6) is 0 Å². The second-order valence-electron chi connectivity index (χ2n) is 5.73. The van der Waals surface area contributed by atoms with Gasteiger partial charge in [0.25, 0.3) is 5.91 Å². The number of nitriles is 2. The van der Waals surface area contributed by atoms with E-state index in [2.05, 4.69) is 17.5 Å². The smallest absolute Gasteiger partial charge is 0.252 e. The summed E-state index contributed by atoms with van der Waals surface area (Å²) in [5.41, 5.74) is 4.21. The Morgan fingerprint density at radius 2 is 1.58 bits per heavy atom. The highest BCUT2D eigenvalue weighted by molar-refractivity contribution is 6.00. The van der Waals surface area contributed by atoms with Crippen LogP contribution in [0.1, 0.15) is 27.0 Å². The van der Waals surface area contributed by atoms with E-state index in [9.17, 15) is 4.79 Å². The second-order valence-corrected chi connectivity index (χ2v) is 5.73.